The minimum atomic E-state index is -0.870. The second-order valence-corrected chi connectivity index (χ2v) is 9.28. The minimum absolute atomic E-state index is 0.410. The number of ether oxygens (including phenoxy) is 2. The summed E-state index contributed by atoms with van der Waals surface area (Å²) in [6.07, 6.45) is -1.73. The topological polar surface area (TPSA) is 52.6 Å². The van der Waals surface area contributed by atoms with Gasteiger partial charge in [-0.1, -0.05) is 121 Å². The van der Waals surface area contributed by atoms with Crippen molar-refractivity contribution in [1.29, 1.82) is 0 Å². The van der Waals surface area contributed by atoms with Crippen molar-refractivity contribution in [3.05, 3.63) is 167 Å². The highest BCUT2D eigenvalue weighted by Gasteiger charge is 2.32. The number of rotatable bonds is 8. The van der Waals surface area contributed by atoms with Gasteiger partial charge in [-0.25, -0.2) is 9.59 Å². The first-order chi connectivity index (χ1) is 19.1. The molecule has 4 nitrogen and oxygen atoms in total. The normalized spacial score (nSPS) is 12.2. The van der Waals surface area contributed by atoms with Crippen LogP contribution < -0.4 is 0 Å². The highest BCUT2D eigenvalue weighted by Crippen LogP contribution is 2.37. The molecule has 2 unspecified atom stereocenters. The smallest absolute Gasteiger partial charge is 0.338 e. The van der Waals surface area contributed by atoms with Gasteiger partial charge in [0.25, 0.3) is 0 Å². The van der Waals surface area contributed by atoms with Gasteiger partial charge in [-0.05, 0) is 53.4 Å². The summed E-state index contributed by atoms with van der Waals surface area (Å²) in [6, 6.07) is 43.1. The zero-order valence-electron chi connectivity index (χ0n) is 21.6. The van der Waals surface area contributed by atoms with E-state index in [4.69, 9.17) is 9.47 Å². The van der Waals surface area contributed by atoms with Crippen molar-refractivity contribution in [3.63, 3.8) is 0 Å². The Kier molecular flexibility index (Phi) is 7.94. The average molecular weight is 513 g/mol. The van der Waals surface area contributed by atoms with Gasteiger partial charge in [-0.15, -0.1) is 0 Å². The summed E-state index contributed by atoms with van der Waals surface area (Å²) in [6.45, 7) is 2.05. The van der Waals surface area contributed by atoms with Crippen LogP contribution in [0.15, 0.2) is 140 Å². The predicted octanol–water partition coefficient (Wildman–Crippen LogP) is 8.16. The van der Waals surface area contributed by atoms with Gasteiger partial charge >= 0.3 is 11.9 Å². The lowest BCUT2D eigenvalue weighted by molar-refractivity contribution is -0.0388. The monoisotopic (exact) mass is 512 g/mol. The molecule has 0 bridgehead atoms. The lowest BCUT2D eigenvalue weighted by Crippen LogP contribution is -2.23. The average Bonchev–Trinajstić information content (AvgIpc) is 3.00. The first kappa shape index (κ1) is 25.7. The summed E-state index contributed by atoms with van der Waals surface area (Å²) in [5.74, 6) is -1.00. The number of esters is 2. The number of benzene rings is 5. The zero-order chi connectivity index (χ0) is 27.0. The van der Waals surface area contributed by atoms with Crippen LogP contribution in [0.2, 0.25) is 0 Å². The predicted molar refractivity (Wildman–Crippen MR) is 152 cm³/mol. The summed E-state index contributed by atoms with van der Waals surface area (Å²) >= 11 is 0. The van der Waals surface area contributed by atoms with Crippen molar-refractivity contribution in [2.75, 3.05) is 0 Å². The van der Waals surface area contributed by atoms with Gasteiger partial charge in [0.05, 0.1) is 11.1 Å². The fourth-order valence-electron chi connectivity index (χ4n) is 4.38. The molecular weight excluding hydrogens is 484 g/mol. The van der Waals surface area contributed by atoms with Gasteiger partial charge in [0.15, 0.2) is 12.2 Å². The molecule has 0 amide bonds. The zero-order valence-corrected chi connectivity index (χ0v) is 21.6. The van der Waals surface area contributed by atoms with E-state index in [9.17, 15) is 9.59 Å². The second kappa shape index (κ2) is 12.1. The maximum atomic E-state index is 13.4. The Balaban J connectivity index is 1.46. The molecule has 0 saturated carbocycles. The van der Waals surface area contributed by atoms with Gasteiger partial charge in [0, 0.05) is 0 Å². The third-order valence-corrected chi connectivity index (χ3v) is 6.51. The highest BCUT2D eigenvalue weighted by molar-refractivity contribution is 5.91. The minimum Gasteiger partial charge on any atom is -0.450 e. The highest BCUT2D eigenvalue weighted by atomic mass is 16.6. The van der Waals surface area contributed by atoms with Crippen molar-refractivity contribution >= 4 is 11.9 Å². The van der Waals surface area contributed by atoms with Crippen LogP contribution in [-0.2, 0) is 9.47 Å². The molecule has 192 valence electrons. The van der Waals surface area contributed by atoms with Crippen molar-refractivity contribution in [2.24, 2.45) is 0 Å². The molecule has 0 aliphatic heterocycles. The Hall–Kier alpha value is -4.96. The van der Waals surface area contributed by atoms with Crippen LogP contribution in [0.1, 0.15) is 49.6 Å². The summed E-state index contributed by atoms with van der Waals surface area (Å²) in [7, 11) is 0. The molecule has 0 N–H and O–H groups in total. The second-order valence-electron chi connectivity index (χ2n) is 9.28. The molecule has 0 saturated heterocycles. The molecule has 5 rings (SSSR count). The summed E-state index contributed by atoms with van der Waals surface area (Å²) in [5, 5.41) is 0. The van der Waals surface area contributed by atoms with Crippen molar-refractivity contribution in [1.82, 2.24) is 0 Å². The van der Waals surface area contributed by atoms with E-state index < -0.39 is 24.1 Å². The van der Waals surface area contributed by atoms with Crippen LogP contribution in [0.5, 0.6) is 0 Å². The van der Waals surface area contributed by atoms with E-state index in [1.807, 2.05) is 85.8 Å². The van der Waals surface area contributed by atoms with Crippen LogP contribution in [-0.4, -0.2) is 11.9 Å². The molecule has 39 heavy (non-hydrogen) atoms. The van der Waals surface area contributed by atoms with Gasteiger partial charge in [-0.2, -0.15) is 0 Å². The number of hydrogen-bond acceptors (Lipinski definition) is 4. The fraction of sp³-hybridized carbons (Fsp3) is 0.0857. The molecule has 4 heteroatoms. The maximum absolute atomic E-state index is 13.4. The Morgan fingerprint density at radius 1 is 0.462 bits per heavy atom. The van der Waals surface area contributed by atoms with Crippen LogP contribution in [0, 0.1) is 6.92 Å². The maximum Gasteiger partial charge on any atom is 0.338 e. The van der Waals surface area contributed by atoms with Crippen molar-refractivity contribution < 1.29 is 19.1 Å². The Labute approximate surface area is 228 Å². The molecule has 0 spiro atoms. The standard InChI is InChI=1S/C35H28O4/c1-25-17-19-26(20-18-25)27-21-23-31(24-22-27)35(37)39-33(29-13-7-3-8-14-29)32(28-11-5-2-6-12-28)38-34(36)30-15-9-4-10-16-30/h2-24,32-33H,1H3. The molecule has 0 aliphatic rings. The largest absolute Gasteiger partial charge is 0.450 e. The molecular formula is C35H28O4. The molecule has 5 aromatic rings. The van der Waals surface area contributed by atoms with Crippen molar-refractivity contribution in [2.45, 2.75) is 19.1 Å². The van der Waals surface area contributed by atoms with Crippen LogP contribution in [0.4, 0.5) is 0 Å². The summed E-state index contributed by atoms with van der Waals surface area (Å²) in [5.41, 5.74) is 5.53. The number of carbonyl (C=O) groups excluding carboxylic acids is 2. The number of aryl methyl sites for hydroxylation is 1. The first-order valence-corrected chi connectivity index (χ1v) is 12.8. The van der Waals surface area contributed by atoms with Crippen molar-refractivity contribution in [3.8, 4) is 11.1 Å². The van der Waals surface area contributed by atoms with Gasteiger partial charge in [0.1, 0.15) is 0 Å². The van der Waals surface area contributed by atoms with E-state index in [0.717, 1.165) is 22.3 Å². The molecule has 0 aliphatic carbocycles. The first-order valence-electron chi connectivity index (χ1n) is 12.8. The van der Waals surface area contributed by atoms with E-state index in [2.05, 4.69) is 24.3 Å². The van der Waals surface area contributed by atoms with E-state index in [0.29, 0.717) is 11.1 Å². The number of hydrogen-bond donors (Lipinski definition) is 0. The molecule has 0 fully saturated rings. The van der Waals surface area contributed by atoms with Crippen LogP contribution >= 0.6 is 0 Å². The third kappa shape index (κ3) is 6.31. The lowest BCUT2D eigenvalue weighted by atomic mass is 9.97. The van der Waals surface area contributed by atoms with Gasteiger partial charge < -0.3 is 9.47 Å². The molecule has 0 heterocycles. The quantitative estimate of drug-likeness (QED) is 0.197. The lowest BCUT2D eigenvalue weighted by Gasteiger charge is -2.28. The van der Waals surface area contributed by atoms with Crippen LogP contribution in [0.3, 0.4) is 0 Å². The van der Waals surface area contributed by atoms with Gasteiger partial charge in [-0.3, -0.25) is 0 Å². The number of carbonyl (C=O) groups is 2. The van der Waals surface area contributed by atoms with E-state index >= 15 is 0 Å². The Morgan fingerprint density at radius 2 is 0.821 bits per heavy atom. The molecule has 5 aromatic carbocycles. The third-order valence-electron chi connectivity index (χ3n) is 6.51. The Morgan fingerprint density at radius 3 is 1.26 bits per heavy atom. The Bertz CT molecular complexity index is 1510. The van der Waals surface area contributed by atoms with Gasteiger partial charge in [0.2, 0.25) is 0 Å². The van der Waals surface area contributed by atoms with Crippen LogP contribution in [0.25, 0.3) is 11.1 Å². The SMILES string of the molecule is Cc1ccc(-c2ccc(C(=O)OC(c3ccccc3)C(OC(=O)c3ccccc3)c3ccccc3)cc2)cc1. The summed E-state index contributed by atoms with van der Waals surface area (Å²) in [4.78, 5) is 26.6. The van der Waals surface area contributed by atoms with E-state index in [1.54, 1.807) is 36.4 Å². The fourth-order valence-corrected chi connectivity index (χ4v) is 4.38. The van der Waals surface area contributed by atoms with E-state index in [1.165, 1.54) is 5.56 Å². The summed E-state index contributed by atoms with van der Waals surface area (Å²) < 4.78 is 12.2. The molecule has 0 radical (unpaired) electrons. The molecule has 2 atom stereocenters. The van der Waals surface area contributed by atoms with E-state index in [-0.39, 0.29) is 0 Å². The molecule has 0 aromatic heterocycles.